The third-order valence-corrected chi connectivity index (χ3v) is 5.82. The highest BCUT2D eigenvalue weighted by Crippen LogP contribution is 2.38. The van der Waals surface area contributed by atoms with Crippen LogP contribution in [0.4, 0.5) is 5.69 Å². The Bertz CT molecular complexity index is 936. The van der Waals surface area contributed by atoms with E-state index in [4.69, 9.17) is 4.99 Å². The van der Waals surface area contributed by atoms with Gasteiger partial charge in [-0.25, -0.2) is 0 Å². The molecule has 0 heterocycles. The average molecular weight is 422 g/mol. The van der Waals surface area contributed by atoms with Crippen LogP contribution in [-0.2, 0) is 21.7 Å². The zero-order valence-electron chi connectivity index (χ0n) is 21.9. The molecule has 0 amide bonds. The van der Waals surface area contributed by atoms with Crippen molar-refractivity contribution >= 4 is 11.9 Å². The van der Waals surface area contributed by atoms with Crippen molar-refractivity contribution in [2.75, 3.05) is 0 Å². The van der Waals surface area contributed by atoms with E-state index in [9.17, 15) is 5.11 Å². The largest absolute Gasteiger partial charge is 0.507 e. The molecule has 2 aromatic carbocycles. The van der Waals surface area contributed by atoms with E-state index in [0.717, 1.165) is 16.8 Å². The Morgan fingerprint density at radius 1 is 0.581 bits per heavy atom. The molecule has 2 nitrogen and oxygen atoms in total. The molecule has 0 aliphatic heterocycles. The highest BCUT2D eigenvalue weighted by molar-refractivity contribution is 5.87. The zero-order valence-corrected chi connectivity index (χ0v) is 21.9. The summed E-state index contributed by atoms with van der Waals surface area (Å²) in [5, 5.41) is 11.1. The maximum absolute atomic E-state index is 11.1. The minimum Gasteiger partial charge on any atom is -0.507 e. The molecular formula is C29H43NO. The van der Waals surface area contributed by atoms with Gasteiger partial charge in [-0.15, -0.1) is 0 Å². The number of hydrogen-bond donors (Lipinski definition) is 1. The Kier molecular flexibility index (Phi) is 6.59. The maximum atomic E-state index is 11.1. The molecule has 0 saturated heterocycles. The minimum absolute atomic E-state index is 0.0121. The van der Waals surface area contributed by atoms with Crippen molar-refractivity contribution in [3.05, 3.63) is 58.1 Å². The lowest BCUT2D eigenvalue weighted by atomic mass is 9.79. The number of rotatable bonds is 2. The fraction of sp³-hybridized carbons (Fsp3) is 0.552. The Labute approximate surface area is 190 Å². The lowest BCUT2D eigenvalue weighted by molar-refractivity contribution is 0.444. The van der Waals surface area contributed by atoms with Gasteiger partial charge in [0, 0.05) is 17.3 Å². The normalized spacial score (nSPS) is 13.8. The predicted octanol–water partition coefficient (Wildman–Crippen LogP) is 8.33. The molecule has 31 heavy (non-hydrogen) atoms. The van der Waals surface area contributed by atoms with Gasteiger partial charge in [-0.1, -0.05) is 95.2 Å². The van der Waals surface area contributed by atoms with Crippen LogP contribution in [0.3, 0.4) is 0 Å². The van der Waals surface area contributed by atoms with Crippen LogP contribution in [0.2, 0.25) is 0 Å². The van der Waals surface area contributed by atoms with Gasteiger partial charge in [0.15, 0.2) is 0 Å². The molecule has 170 valence electrons. The molecule has 0 spiro atoms. The summed E-state index contributed by atoms with van der Waals surface area (Å²) in [6.07, 6.45) is 1.83. The van der Waals surface area contributed by atoms with Gasteiger partial charge in [-0.2, -0.15) is 0 Å². The number of phenols is 1. The number of aromatic hydroxyl groups is 1. The number of benzene rings is 2. The summed E-state index contributed by atoms with van der Waals surface area (Å²) in [6, 6.07) is 10.9. The third kappa shape index (κ3) is 6.21. The SMILES string of the molecule is CC(C)(C)c1cc(N=Cc2cc(C(C)(C)C)cc(C(C)(C)C)c2O)cc(C(C)(C)C)c1. The summed E-state index contributed by atoms with van der Waals surface area (Å²) in [7, 11) is 0. The topological polar surface area (TPSA) is 32.6 Å². The van der Waals surface area contributed by atoms with E-state index in [2.05, 4.69) is 113 Å². The summed E-state index contributed by atoms with van der Waals surface area (Å²) >= 11 is 0. The molecule has 2 heteroatoms. The molecule has 0 saturated carbocycles. The van der Waals surface area contributed by atoms with E-state index < -0.39 is 0 Å². The van der Waals surface area contributed by atoms with E-state index in [1.807, 2.05) is 6.21 Å². The first kappa shape index (κ1) is 25.2. The average Bonchev–Trinajstić information content (AvgIpc) is 2.57. The molecule has 0 radical (unpaired) electrons. The summed E-state index contributed by atoms with van der Waals surface area (Å²) < 4.78 is 0. The quantitative estimate of drug-likeness (QED) is 0.486. The highest BCUT2D eigenvalue weighted by atomic mass is 16.3. The lowest BCUT2D eigenvalue weighted by Gasteiger charge is -2.27. The van der Waals surface area contributed by atoms with Gasteiger partial charge in [0.2, 0.25) is 0 Å². The van der Waals surface area contributed by atoms with E-state index in [1.54, 1.807) is 0 Å². The monoisotopic (exact) mass is 421 g/mol. The lowest BCUT2D eigenvalue weighted by Crippen LogP contribution is -2.17. The Balaban J connectivity index is 2.67. The Morgan fingerprint density at radius 3 is 1.39 bits per heavy atom. The maximum Gasteiger partial charge on any atom is 0.128 e. The van der Waals surface area contributed by atoms with Crippen molar-refractivity contribution < 1.29 is 5.11 Å². The summed E-state index contributed by atoms with van der Waals surface area (Å²) in [5.74, 6) is 0.326. The van der Waals surface area contributed by atoms with Crippen LogP contribution in [0, 0.1) is 0 Å². The van der Waals surface area contributed by atoms with Crippen LogP contribution in [0.15, 0.2) is 35.3 Å². The van der Waals surface area contributed by atoms with Gasteiger partial charge in [-0.05, 0) is 56.5 Å². The first-order valence-corrected chi connectivity index (χ1v) is 11.4. The van der Waals surface area contributed by atoms with Gasteiger partial charge < -0.3 is 5.11 Å². The van der Waals surface area contributed by atoms with E-state index >= 15 is 0 Å². The number of nitrogens with zero attached hydrogens (tertiary/aromatic N) is 1. The van der Waals surface area contributed by atoms with E-state index in [0.29, 0.717) is 5.75 Å². The number of hydrogen-bond acceptors (Lipinski definition) is 2. The first-order valence-electron chi connectivity index (χ1n) is 11.4. The molecule has 0 bridgehead atoms. The van der Waals surface area contributed by atoms with Crippen molar-refractivity contribution in [2.45, 2.75) is 105 Å². The second-order valence-electron chi connectivity index (χ2n) is 13.0. The minimum atomic E-state index is -0.153. The molecule has 1 N–H and O–H groups in total. The fourth-order valence-corrected chi connectivity index (χ4v) is 3.46. The molecule has 0 unspecified atom stereocenters. The van der Waals surface area contributed by atoms with Crippen LogP contribution in [0.25, 0.3) is 0 Å². The van der Waals surface area contributed by atoms with Crippen molar-refractivity contribution in [1.82, 2.24) is 0 Å². The van der Waals surface area contributed by atoms with Crippen LogP contribution in [-0.4, -0.2) is 11.3 Å². The predicted molar refractivity (Wildman–Crippen MR) is 137 cm³/mol. The van der Waals surface area contributed by atoms with Crippen LogP contribution >= 0.6 is 0 Å². The first-order chi connectivity index (χ1) is 13.8. The standard InChI is InChI=1S/C29H43NO/c1-26(2,3)20-13-19(25(31)24(17-20)29(10,11)12)18-30-23-15-21(27(4,5)6)14-22(16-23)28(7,8)9/h13-18,31H,1-12H3. The molecule has 0 aromatic heterocycles. The van der Waals surface area contributed by atoms with Crippen LogP contribution in [0.5, 0.6) is 5.75 Å². The fourth-order valence-electron chi connectivity index (χ4n) is 3.46. The molecule has 0 aliphatic carbocycles. The van der Waals surface area contributed by atoms with Crippen molar-refractivity contribution in [3.8, 4) is 5.75 Å². The van der Waals surface area contributed by atoms with Gasteiger partial charge in [0.1, 0.15) is 5.75 Å². The summed E-state index contributed by atoms with van der Waals surface area (Å²) in [5.41, 5.74) is 6.33. The number of aliphatic imine (C=N–C) groups is 1. The van der Waals surface area contributed by atoms with Crippen molar-refractivity contribution in [1.29, 1.82) is 0 Å². The summed E-state index contributed by atoms with van der Waals surface area (Å²) in [4.78, 5) is 4.85. The molecule has 0 fully saturated rings. The molecule has 2 rings (SSSR count). The van der Waals surface area contributed by atoms with Crippen LogP contribution < -0.4 is 0 Å². The van der Waals surface area contributed by atoms with Gasteiger partial charge in [-0.3, -0.25) is 4.99 Å². The highest BCUT2D eigenvalue weighted by Gasteiger charge is 2.25. The van der Waals surface area contributed by atoms with Crippen molar-refractivity contribution in [2.24, 2.45) is 4.99 Å². The van der Waals surface area contributed by atoms with Crippen LogP contribution in [0.1, 0.15) is 111 Å². The van der Waals surface area contributed by atoms with Crippen molar-refractivity contribution in [3.63, 3.8) is 0 Å². The Morgan fingerprint density at radius 2 is 1.00 bits per heavy atom. The molecule has 2 aromatic rings. The van der Waals surface area contributed by atoms with Gasteiger partial charge >= 0.3 is 0 Å². The van der Waals surface area contributed by atoms with Gasteiger partial charge in [0.05, 0.1) is 5.69 Å². The zero-order chi connectivity index (χ0) is 24.0. The second-order valence-corrected chi connectivity index (χ2v) is 13.0. The third-order valence-electron chi connectivity index (χ3n) is 5.82. The molecule has 0 aliphatic rings. The van der Waals surface area contributed by atoms with E-state index in [-0.39, 0.29) is 21.7 Å². The Hall–Kier alpha value is -2.09. The smallest absolute Gasteiger partial charge is 0.128 e. The summed E-state index contributed by atoms with van der Waals surface area (Å²) in [6.45, 7) is 26.4. The van der Waals surface area contributed by atoms with E-state index in [1.165, 1.54) is 16.7 Å². The molecular weight excluding hydrogens is 378 g/mol. The second kappa shape index (κ2) is 8.11. The number of phenolic OH excluding ortho intramolecular Hbond substituents is 1. The molecule has 0 atom stereocenters. The van der Waals surface area contributed by atoms with Gasteiger partial charge in [0.25, 0.3) is 0 Å².